The fraction of sp³-hybridized carbons (Fsp3) is 0.667. The highest BCUT2D eigenvalue weighted by atomic mass is 35.5. The summed E-state index contributed by atoms with van der Waals surface area (Å²) in [5.74, 6) is 0.138. The fourth-order valence-electron chi connectivity index (χ4n) is 2.90. The molecule has 0 bridgehead atoms. The van der Waals surface area contributed by atoms with Gasteiger partial charge in [0.05, 0.1) is 0 Å². The van der Waals surface area contributed by atoms with E-state index in [9.17, 15) is 13.2 Å². The Kier molecular flexibility index (Phi) is 8.66. The maximum atomic E-state index is 12.5. The number of hydrogen-bond donors (Lipinski definition) is 3. The Balaban J connectivity index is 0.00000288. The van der Waals surface area contributed by atoms with Crippen LogP contribution in [0, 0.1) is 5.92 Å². The Morgan fingerprint density at radius 1 is 1.33 bits per heavy atom. The van der Waals surface area contributed by atoms with Crippen LogP contribution in [0.25, 0.3) is 0 Å². The molecule has 0 saturated heterocycles. The third kappa shape index (κ3) is 6.00. The molecule has 1 aliphatic rings. The Morgan fingerprint density at radius 3 is 2.71 bits per heavy atom. The summed E-state index contributed by atoms with van der Waals surface area (Å²) in [6.45, 7) is 2.49. The predicted octanol–water partition coefficient (Wildman–Crippen LogP) is 1.64. The Bertz CT molecular complexity index is 634. The third-order valence-corrected chi connectivity index (χ3v) is 7.29. The monoisotopic (exact) mass is 395 g/mol. The molecule has 2 atom stereocenters. The first-order valence-electron chi connectivity index (χ1n) is 7.98. The van der Waals surface area contributed by atoms with Gasteiger partial charge in [-0.25, -0.2) is 13.1 Å². The number of nitrogens with two attached hydrogens (primary N) is 1. The Morgan fingerprint density at radius 2 is 2.04 bits per heavy atom. The van der Waals surface area contributed by atoms with Gasteiger partial charge in [-0.05, 0) is 43.9 Å². The maximum absolute atomic E-state index is 12.5. The third-order valence-electron chi connectivity index (χ3n) is 4.17. The van der Waals surface area contributed by atoms with Crippen LogP contribution >= 0.6 is 23.7 Å². The number of halogens is 1. The van der Waals surface area contributed by atoms with Crippen molar-refractivity contribution in [3.63, 3.8) is 0 Å². The molecular weight excluding hydrogens is 370 g/mol. The van der Waals surface area contributed by atoms with E-state index >= 15 is 0 Å². The lowest BCUT2D eigenvalue weighted by Crippen LogP contribution is -2.44. The molecule has 1 heterocycles. The van der Waals surface area contributed by atoms with Gasteiger partial charge in [0.25, 0.3) is 0 Å². The average molecular weight is 396 g/mol. The van der Waals surface area contributed by atoms with Crippen molar-refractivity contribution in [2.45, 2.75) is 49.3 Å². The van der Waals surface area contributed by atoms with E-state index in [4.69, 9.17) is 5.73 Å². The van der Waals surface area contributed by atoms with Crippen LogP contribution in [0.4, 0.5) is 0 Å². The zero-order valence-electron chi connectivity index (χ0n) is 13.8. The zero-order chi connectivity index (χ0) is 16.9. The second-order valence-corrected chi connectivity index (χ2v) is 9.07. The first kappa shape index (κ1) is 21.4. The first-order chi connectivity index (χ1) is 10.9. The van der Waals surface area contributed by atoms with Crippen LogP contribution in [-0.2, 0) is 21.2 Å². The summed E-state index contributed by atoms with van der Waals surface area (Å²) in [6.07, 6.45) is 4.62. The lowest BCUT2D eigenvalue weighted by atomic mass is 9.85. The molecule has 9 heteroatoms. The van der Waals surface area contributed by atoms with E-state index in [1.165, 1.54) is 18.3 Å². The van der Waals surface area contributed by atoms with Crippen molar-refractivity contribution in [2.75, 3.05) is 13.1 Å². The number of carbonyl (C=O) groups is 1. The molecular formula is C15H26ClN3O3S2. The molecule has 0 spiro atoms. The highest BCUT2D eigenvalue weighted by molar-refractivity contribution is 7.91. The van der Waals surface area contributed by atoms with Gasteiger partial charge >= 0.3 is 0 Å². The topological polar surface area (TPSA) is 101 Å². The molecule has 1 aromatic rings. The zero-order valence-corrected chi connectivity index (χ0v) is 16.2. The van der Waals surface area contributed by atoms with E-state index in [2.05, 4.69) is 10.0 Å². The molecule has 1 saturated carbocycles. The summed E-state index contributed by atoms with van der Waals surface area (Å²) in [4.78, 5) is 11.8. The molecule has 138 valence electrons. The van der Waals surface area contributed by atoms with E-state index in [1.54, 1.807) is 6.07 Å². The normalized spacial score (nSPS) is 21.1. The van der Waals surface area contributed by atoms with E-state index in [1.807, 2.05) is 6.07 Å². The highest BCUT2D eigenvalue weighted by Crippen LogP contribution is 2.27. The van der Waals surface area contributed by atoms with Crippen LogP contribution in [-0.4, -0.2) is 33.5 Å². The minimum atomic E-state index is -3.50. The summed E-state index contributed by atoms with van der Waals surface area (Å²) in [5, 5.41) is 2.71. The largest absolute Gasteiger partial charge is 0.356 e. The van der Waals surface area contributed by atoms with E-state index in [0.717, 1.165) is 30.6 Å². The van der Waals surface area contributed by atoms with Crippen molar-refractivity contribution in [3.8, 4) is 0 Å². The van der Waals surface area contributed by atoms with Crippen LogP contribution in [0.2, 0.25) is 0 Å². The number of carbonyl (C=O) groups excluding carboxylic acids is 1. The molecule has 0 aliphatic heterocycles. The molecule has 2 rings (SSSR count). The van der Waals surface area contributed by atoms with Gasteiger partial charge in [0.15, 0.2) is 0 Å². The number of thiophene rings is 1. The minimum absolute atomic E-state index is 0. The van der Waals surface area contributed by atoms with Gasteiger partial charge in [0.2, 0.25) is 15.9 Å². The van der Waals surface area contributed by atoms with Crippen LogP contribution in [0.1, 0.15) is 37.5 Å². The summed E-state index contributed by atoms with van der Waals surface area (Å²) in [6, 6.07) is 3.38. The lowest BCUT2D eigenvalue weighted by Gasteiger charge is -2.30. The van der Waals surface area contributed by atoms with Gasteiger partial charge in [0, 0.05) is 24.4 Å². The number of rotatable bonds is 7. The van der Waals surface area contributed by atoms with Gasteiger partial charge in [-0.15, -0.1) is 23.7 Å². The Labute approximate surface area is 154 Å². The lowest BCUT2D eigenvalue weighted by molar-refractivity contribution is -0.118. The van der Waals surface area contributed by atoms with Gasteiger partial charge in [-0.1, -0.05) is 12.8 Å². The van der Waals surface area contributed by atoms with Crippen molar-refractivity contribution >= 4 is 39.7 Å². The highest BCUT2D eigenvalue weighted by Gasteiger charge is 2.29. The van der Waals surface area contributed by atoms with Crippen molar-refractivity contribution < 1.29 is 13.2 Å². The van der Waals surface area contributed by atoms with Crippen molar-refractivity contribution in [3.05, 3.63) is 17.0 Å². The molecule has 0 aromatic carbocycles. The van der Waals surface area contributed by atoms with Crippen LogP contribution in [0.5, 0.6) is 0 Å². The maximum Gasteiger partial charge on any atom is 0.250 e. The standard InChI is InChI=1S/C15H25N3O3S2.ClH/c1-11(19)17-9-8-13-6-7-15(22-13)23(20,21)18-14-5-3-2-4-12(14)10-16;/h6-7,12,14,18H,2-5,8-10,16H2,1H3,(H,17,19);1H. The van der Waals surface area contributed by atoms with Crippen LogP contribution in [0.3, 0.4) is 0 Å². The van der Waals surface area contributed by atoms with Gasteiger partial charge < -0.3 is 11.1 Å². The first-order valence-corrected chi connectivity index (χ1v) is 10.3. The second kappa shape index (κ2) is 9.72. The van der Waals surface area contributed by atoms with E-state index < -0.39 is 10.0 Å². The van der Waals surface area contributed by atoms with Crippen molar-refractivity contribution in [1.82, 2.24) is 10.0 Å². The second-order valence-electron chi connectivity index (χ2n) is 5.96. The Hall–Kier alpha value is -0.670. The molecule has 24 heavy (non-hydrogen) atoms. The quantitative estimate of drug-likeness (QED) is 0.653. The number of hydrogen-bond acceptors (Lipinski definition) is 5. The van der Waals surface area contributed by atoms with Crippen molar-refractivity contribution in [2.24, 2.45) is 11.7 Å². The number of amides is 1. The smallest absolute Gasteiger partial charge is 0.250 e. The minimum Gasteiger partial charge on any atom is -0.356 e. The summed E-state index contributed by atoms with van der Waals surface area (Å²) < 4.78 is 28.3. The molecule has 1 aliphatic carbocycles. The molecule has 0 radical (unpaired) electrons. The molecule has 6 nitrogen and oxygen atoms in total. The summed E-state index contributed by atoms with van der Waals surface area (Å²) in [5.41, 5.74) is 5.77. The number of sulfonamides is 1. The van der Waals surface area contributed by atoms with Gasteiger partial charge in [-0.3, -0.25) is 4.79 Å². The van der Waals surface area contributed by atoms with Gasteiger partial charge in [-0.2, -0.15) is 0 Å². The number of nitrogens with one attached hydrogen (secondary N) is 2. The fourth-order valence-corrected chi connectivity index (χ4v) is 5.61. The molecule has 2 unspecified atom stereocenters. The molecule has 1 amide bonds. The SMILES string of the molecule is CC(=O)NCCc1ccc(S(=O)(=O)NC2CCCCC2CN)s1.Cl. The van der Waals surface area contributed by atoms with E-state index in [-0.39, 0.29) is 30.3 Å². The van der Waals surface area contributed by atoms with Crippen LogP contribution < -0.4 is 15.8 Å². The van der Waals surface area contributed by atoms with Gasteiger partial charge in [0.1, 0.15) is 4.21 Å². The molecule has 4 N–H and O–H groups in total. The van der Waals surface area contributed by atoms with E-state index in [0.29, 0.717) is 23.7 Å². The average Bonchev–Trinajstić information content (AvgIpc) is 2.97. The van der Waals surface area contributed by atoms with Crippen LogP contribution in [0.15, 0.2) is 16.3 Å². The predicted molar refractivity (Wildman–Crippen MR) is 99.1 cm³/mol. The summed E-state index contributed by atoms with van der Waals surface area (Å²) >= 11 is 1.26. The van der Waals surface area contributed by atoms with Crippen molar-refractivity contribution in [1.29, 1.82) is 0 Å². The molecule has 1 fully saturated rings. The molecule has 1 aromatic heterocycles. The summed E-state index contributed by atoms with van der Waals surface area (Å²) in [7, 11) is -3.50.